The van der Waals surface area contributed by atoms with Gasteiger partial charge in [0.15, 0.2) is 0 Å². The lowest BCUT2D eigenvalue weighted by atomic mass is 9.83. The highest BCUT2D eigenvalue weighted by Gasteiger charge is 2.44. The van der Waals surface area contributed by atoms with Crippen molar-refractivity contribution in [2.75, 3.05) is 27.3 Å². The Labute approximate surface area is 197 Å². The molecule has 0 saturated carbocycles. The SMILES string of the molecule is COC(=O)/C(=C1/C=CC(C)=C(N2CCC(CC(F)(F)C(=O)OC)C2)C1C)c1ccc(Cl)cc1. The molecule has 1 aromatic rings. The zero-order chi connectivity index (χ0) is 24.3. The van der Waals surface area contributed by atoms with E-state index in [2.05, 4.69) is 9.64 Å². The van der Waals surface area contributed by atoms with Gasteiger partial charge in [-0.05, 0) is 48.1 Å². The highest BCUT2D eigenvalue weighted by molar-refractivity contribution is 6.30. The van der Waals surface area contributed by atoms with Crippen molar-refractivity contribution in [1.82, 2.24) is 4.90 Å². The van der Waals surface area contributed by atoms with Gasteiger partial charge >= 0.3 is 17.9 Å². The van der Waals surface area contributed by atoms with E-state index in [0.717, 1.165) is 24.0 Å². The summed E-state index contributed by atoms with van der Waals surface area (Å²) in [5.41, 5.74) is 3.90. The van der Waals surface area contributed by atoms with Gasteiger partial charge in [0, 0.05) is 36.1 Å². The van der Waals surface area contributed by atoms with Crippen LogP contribution in [0.1, 0.15) is 32.3 Å². The molecule has 1 aliphatic heterocycles. The van der Waals surface area contributed by atoms with Crippen LogP contribution in [0.3, 0.4) is 0 Å². The third-order valence-electron chi connectivity index (χ3n) is 6.26. The van der Waals surface area contributed by atoms with Crippen LogP contribution in [0.2, 0.25) is 5.02 Å². The Kier molecular flexibility index (Phi) is 7.62. The molecule has 1 fully saturated rings. The van der Waals surface area contributed by atoms with E-state index < -0.39 is 24.3 Å². The minimum Gasteiger partial charge on any atom is -0.465 e. The second-order valence-electron chi connectivity index (χ2n) is 8.45. The van der Waals surface area contributed by atoms with E-state index in [-0.39, 0.29) is 11.8 Å². The first-order valence-corrected chi connectivity index (χ1v) is 11.1. The van der Waals surface area contributed by atoms with Crippen molar-refractivity contribution in [2.24, 2.45) is 11.8 Å². The maximum absolute atomic E-state index is 14.1. The number of methoxy groups -OCH3 is 2. The molecule has 0 bridgehead atoms. The van der Waals surface area contributed by atoms with Crippen molar-refractivity contribution in [3.63, 3.8) is 0 Å². The third kappa shape index (κ3) is 5.29. The maximum atomic E-state index is 14.1. The van der Waals surface area contributed by atoms with Crippen molar-refractivity contribution < 1.29 is 27.8 Å². The lowest BCUT2D eigenvalue weighted by molar-refractivity contribution is -0.171. The molecule has 33 heavy (non-hydrogen) atoms. The average molecular weight is 480 g/mol. The summed E-state index contributed by atoms with van der Waals surface area (Å²) >= 11 is 6.02. The molecule has 1 heterocycles. The molecule has 2 unspecified atom stereocenters. The maximum Gasteiger partial charge on any atom is 0.376 e. The zero-order valence-electron chi connectivity index (χ0n) is 19.2. The topological polar surface area (TPSA) is 55.8 Å². The van der Waals surface area contributed by atoms with Crippen LogP contribution in [-0.4, -0.2) is 50.1 Å². The molecular formula is C25H28ClF2NO4. The molecule has 1 saturated heterocycles. The number of halogens is 3. The third-order valence-corrected chi connectivity index (χ3v) is 6.51. The first-order chi connectivity index (χ1) is 15.6. The van der Waals surface area contributed by atoms with E-state index in [0.29, 0.717) is 35.7 Å². The molecule has 5 nitrogen and oxygen atoms in total. The van der Waals surface area contributed by atoms with Gasteiger partial charge in [-0.1, -0.05) is 42.8 Å². The summed E-state index contributed by atoms with van der Waals surface area (Å²) in [6, 6.07) is 6.97. The lowest BCUT2D eigenvalue weighted by Crippen LogP contribution is -2.34. The molecule has 0 amide bonds. The molecule has 8 heteroatoms. The van der Waals surface area contributed by atoms with Crippen molar-refractivity contribution in [2.45, 2.75) is 32.6 Å². The number of alkyl halides is 2. The smallest absolute Gasteiger partial charge is 0.376 e. The summed E-state index contributed by atoms with van der Waals surface area (Å²) in [5.74, 6) is -5.98. The van der Waals surface area contributed by atoms with E-state index in [1.807, 2.05) is 26.0 Å². The largest absolute Gasteiger partial charge is 0.465 e. The molecule has 0 spiro atoms. The fraction of sp³-hybridized carbons (Fsp3) is 0.440. The molecule has 3 rings (SSSR count). The van der Waals surface area contributed by atoms with Gasteiger partial charge in [-0.2, -0.15) is 8.78 Å². The highest BCUT2D eigenvalue weighted by atomic mass is 35.5. The van der Waals surface area contributed by atoms with Crippen LogP contribution in [0.4, 0.5) is 8.78 Å². The van der Waals surface area contributed by atoms with E-state index in [9.17, 15) is 18.4 Å². The Morgan fingerprint density at radius 3 is 2.42 bits per heavy atom. The first kappa shape index (κ1) is 25.0. The van der Waals surface area contributed by atoms with Crippen LogP contribution >= 0.6 is 11.6 Å². The molecule has 1 aromatic carbocycles. The number of hydrogen-bond acceptors (Lipinski definition) is 5. The number of allylic oxidation sites excluding steroid dienone is 4. The van der Waals surface area contributed by atoms with Gasteiger partial charge in [-0.25, -0.2) is 9.59 Å². The summed E-state index contributed by atoms with van der Waals surface area (Å²) in [6.45, 7) is 4.95. The van der Waals surface area contributed by atoms with Gasteiger partial charge < -0.3 is 14.4 Å². The van der Waals surface area contributed by atoms with Gasteiger partial charge in [0.25, 0.3) is 0 Å². The summed E-state index contributed by atoms with van der Waals surface area (Å²) < 4.78 is 37.6. The fourth-order valence-electron chi connectivity index (χ4n) is 4.69. The van der Waals surface area contributed by atoms with Gasteiger partial charge in [0.05, 0.1) is 19.8 Å². The number of nitrogens with zero attached hydrogens (tertiary/aromatic N) is 1. The number of hydrogen-bond donors (Lipinski definition) is 0. The summed E-state index contributed by atoms with van der Waals surface area (Å²) in [4.78, 5) is 26.2. The minimum absolute atomic E-state index is 0.167. The number of esters is 2. The number of rotatable bonds is 6. The van der Waals surface area contributed by atoms with Crippen LogP contribution in [0.15, 0.2) is 53.3 Å². The van der Waals surface area contributed by atoms with Gasteiger partial charge in [-0.3, -0.25) is 0 Å². The number of likely N-dealkylation sites (tertiary alicyclic amines) is 1. The molecule has 178 valence electrons. The van der Waals surface area contributed by atoms with Crippen LogP contribution < -0.4 is 0 Å². The number of carbonyl (C=O) groups excluding carboxylic acids is 2. The first-order valence-electron chi connectivity index (χ1n) is 10.8. The molecular weight excluding hydrogens is 452 g/mol. The standard InChI is InChI=1S/C25H28ClF2NO4/c1-15-5-10-20(21(23(30)32-3)18-6-8-19(26)9-7-18)16(2)22(15)29-12-11-17(14-29)13-25(27,28)24(31)33-4/h5-10,16-17H,11-14H2,1-4H3/b21-20-. The summed E-state index contributed by atoms with van der Waals surface area (Å²) in [7, 11) is 2.30. The molecule has 0 radical (unpaired) electrons. The van der Waals surface area contributed by atoms with E-state index >= 15 is 0 Å². The Balaban J connectivity index is 1.90. The Hall–Kier alpha value is -2.67. The van der Waals surface area contributed by atoms with Crippen molar-refractivity contribution in [3.05, 3.63) is 63.8 Å². The second kappa shape index (κ2) is 10.1. The molecule has 1 aliphatic carbocycles. The predicted octanol–water partition coefficient (Wildman–Crippen LogP) is 5.27. The van der Waals surface area contributed by atoms with Crippen LogP contribution in [-0.2, 0) is 19.1 Å². The molecule has 0 aromatic heterocycles. The highest BCUT2D eigenvalue weighted by Crippen LogP contribution is 2.40. The lowest BCUT2D eigenvalue weighted by Gasteiger charge is -2.33. The normalized spacial score (nSPS) is 22.5. The van der Waals surface area contributed by atoms with Crippen molar-refractivity contribution >= 4 is 29.1 Å². The Morgan fingerprint density at radius 2 is 1.82 bits per heavy atom. The van der Waals surface area contributed by atoms with Crippen molar-refractivity contribution in [1.29, 1.82) is 0 Å². The van der Waals surface area contributed by atoms with Crippen LogP contribution in [0.25, 0.3) is 5.57 Å². The minimum atomic E-state index is -3.51. The number of benzene rings is 1. The fourth-order valence-corrected chi connectivity index (χ4v) is 4.82. The Bertz CT molecular complexity index is 1010. The predicted molar refractivity (Wildman–Crippen MR) is 123 cm³/mol. The Morgan fingerprint density at radius 1 is 1.15 bits per heavy atom. The van der Waals surface area contributed by atoms with Crippen LogP contribution in [0.5, 0.6) is 0 Å². The molecule has 2 aliphatic rings. The second-order valence-corrected chi connectivity index (χ2v) is 8.89. The zero-order valence-corrected chi connectivity index (χ0v) is 19.9. The quantitative estimate of drug-likeness (QED) is 0.411. The monoisotopic (exact) mass is 479 g/mol. The number of carbonyl (C=O) groups is 2. The van der Waals surface area contributed by atoms with E-state index in [1.165, 1.54) is 7.11 Å². The average Bonchev–Trinajstić information content (AvgIpc) is 3.22. The van der Waals surface area contributed by atoms with E-state index in [1.54, 1.807) is 24.3 Å². The van der Waals surface area contributed by atoms with Gasteiger partial charge in [-0.15, -0.1) is 0 Å². The van der Waals surface area contributed by atoms with Crippen molar-refractivity contribution in [3.8, 4) is 0 Å². The van der Waals surface area contributed by atoms with E-state index in [4.69, 9.17) is 16.3 Å². The molecule has 0 N–H and O–H groups in total. The molecule has 2 atom stereocenters. The van der Waals surface area contributed by atoms with Gasteiger partial charge in [0.1, 0.15) is 0 Å². The van der Waals surface area contributed by atoms with Gasteiger partial charge in [0.2, 0.25) is 0 Å². The summed E-state index contributed by atoms with van der Waals surface area (Å²) in [6.07, 6.45) is 3.83. The number of ether oxygens (including phenoxy) is 2. The summed E-state index contributed by atoms with van der Waals surface area (Å²) in [5, 5.41) is 0.559. The van der Waals surface area contributed by atoms with Crippen LogP contribution in [0, 0.1) is 11.8 Å².